The third-order valence-electron chi connectivity index (χ3n) is 7.78. The van der Waals surface area contributed by atoms with Crippen molar-refractivity contribution in [1.82, 2.24) is 0 Å². The monoisotopic (exact) mass is 454 g/mol. The van der Waals surface area contributed by atoms with Crippen molar-refractivity contribution in [2.24, 2.45) is 11.3 Å². The van der Waals surface area contributed by atoms with E-state index < -0.39 is 40.8 Å². The second-order valence-electron chi connectivity index (χ2n) is 9.89. The van der Waals surface area contributed by atoms with Gasteiger partial charge < -0.3 is 23.0 Å². The molecule has 33 heavy (non-hydrogen) atoms. The molecule has 8 heteroatoms. The van der Waals surface area contributed by atoms with E-state index in [1.165, 1.54) is 43.3 Å². The molecular weight excluding hydrogens is 428 g/mol. The number of hydrogen-bond donors (Lipinski definition) is 0. The molecule has 0 aromatic carbocycles. The summed E-state index contributed by atoms with van der Waals surface area (Å²) < 4.78 is 28.5. The van der Waals surface area contributed by atoms with E-state index >= 15 is 0 Å². The average Bonchev–Trinajstić information content (AvgIpc) is 3.50. The van der Waals surface area contributed by atoms with Crippen molar-refractivity contribution >= 4 is 17.7 Å². The lowest BCUT2D eigenvalue weighted by molar-refractivity contribution is -0.201. The molecule has 1 spiro atoms. The van der Waals surface area contributed by atoms with Gasteiger partial charge in [0.15, 0.2) is 11.9 Å². The molecule has 174 valence electrons. The highest BCUT2D eigenvalue weighted by molar-refractivity contribution is 6.00. The summed E-state index contributed by atoms with van der Waals surface area (Å²) in [7, 11) is 0. The van der Waals surface area contributed by atoms with Crippen molar-refractivity contribution in [2.75, 3.05) is 0 Å². The highest BCUT2D eigenvalue weighted by Crippen LogP contribution is 2.65. The SMILES string of the molecule is CC1=CC(=O)[C@H](OC(=O)c2ccoc2)[C@]2(C)[C@H](OC(=O)c3ccoc3)C[C@@H]3C[C@@]12OC3(C)C. The number of hydrogen-bond acceptors (Lipinski definition) is 8. The lowest BCUT2D eigenvalue weighted by Gasteiger charge is -2.56. The van der Waals surface area contributed by atoms with Crippen LogP contribution >= 0.6 is 0 Å². The van der Waals surface area contributed by atoms with Crippen LogP contribution in [0.2, 0.25) is 0 Å². The predicted molar refractivity (Wildman–Crippen MR) is 113 cm³/mol. The summed E-state index contributed by atoms with van der Waals surface area (Å²) >= 11 is 0. The molecule has 1 aliphatic heterocycles. The van der Waals surface area contributed by atoms with Gasteiger partial charge in [0.2, 0.25) is 0 Å². The summed E-state index contributed by atoms with van der Waals surface area (Å²) in [6.45, 7) is 7.68. The molecule has 3 heterocycles. The number of ketones is 1. The van der Waals surface area contributed by atoms with Crippen molar-refractivity contribution in [3.8, 4) is 0 Å². The minimum absolute atomic E-state index is 0.0782. The van der Waals surface area contributed by atoms with Crippen LogP contribution in [0, 0.1) is 11.3 Å². The van der Waals surface area contributed by atoms with Gasteiger partial charge in [0.1, 0.15) is 24.2 Å². The Morgan fingerprint density at radius 2 is 1.61 bits per heavy atom. The molecule has 3 aliphatic rings. The summed E-state index contributed by atoms with van der Waals surface area (Å²) in [5.41, 5.74) is -1.40. The second-order valence-corrected chi connectivity index (χ2v) is 9.89. The molecule has 5 atom stereocenters. The van der Waals surface area contributed by atoms with Crippen molar-refractivity contribution in [3.05, 3.63) is 60.0 Å². The normalized spacial score (nSPS) is 34.4. The summed E-state index contributed by atoms with van der Waals surface area (Å²) in [5, 5.41) is 0. The van der Waals surface area contributed by atoms with Gasteiger partial charge in [-0.1, -0.05) is 0 Å². The Bertz CT molecular complexity index is 1130. The van der Waals surface area contributed by atoms with Crippen molar-refractivity contribution < 1.29 is 37.4 Å². The number of ether oxygens (including phenoxy) is 3. The van der Waals surface area contributed by atoms with Crippen LogP contribution in [0.25, 0.3) is 0 Å². The largest absolute Gasteiger partial charge is 0.472 e. The quantitative estimate of drug-likeness (QED) is 0.636. The lowest BCUT2D eigenvalue weighted by Crippen LogP contribution is -2.67. The molecule has 5 rings (SSSR count). The molecule has 0 radical (unpaired) electrons. The summed E-state index contributed by atoms with van der Waals surface area (Å²) in [5.74, 6) is -1.54. The number of carbonyl (C=O) groups is 3. The third-order valence-corrected chi connectivity index (χ3v) is 7.78. The van der Waals surface area contributed by atoms with Crippen molar-refractivity contribution in [2.45, 2.75) is 63.9 Å². The van der Waals surface area contributed by atoms with E-state index in [4.69, 9.17) is 23.0 Å². The molecule has 2 aromatic rings. The molecule has 0 N–H and O–H groups in total. The zero-order chi connectivity index (χ0) is 23.6. The highest BCUT2D eigenvalue weighted by atomic mass is 16.6. The number of rotatable bonds is 4. The van der Waals surface area contributed by atoms with Crippen LogP contribution in [-0.2, 0) is 19.0 Å². The Morgan fingerprint density at radius 1 is 1.00 bits per heavy atom. The first-order valence-corrected chi connectivity index (χ1v) is 11.0. The van der Waals surface area contributed by atoms with E-state index in [2.05, 4.69) is 0 Å². The molecule has 1 saturated carbocycles. The fraction of sp³-hybridized carbons (Fsp3) is 0.480. The van der Waals surface area contributed by atoms with E-state index in [-0.39, 0.29) is 22.8 Å². The van der Waals surface area contributed by atoms with Gasteiger partial charge in [-0.2, -0.15) is 0 Å². The van der Waals surface area contributed by atoms with Crippen molar-refractivity contribution in [3.63, 3.8) is 0 Å². The maximum atomic E-state index is 13.3. The van der Waals surface area contributed by atoms with E-state index in [1.807, 2.05) is 27.7 Å². The molecular formula is C25H26O8. The highest BCUT2D eigenvalue weighted by Gasteiger charge is 2.73. The molecule has 2 aliphatic carbocycles. The minimum Gasteiger partial charge on any atom is -0.472 e. The predicted octanol–water partition coefficient (Wildman–Crippen LogP) is 4.12. The minimum atomic E-state index is -1.21. The Labute approximate surface area is 190 Å². The molecule has 2 aromatic heterocycles. The molecule has 2 fully saturated rings. The molecule has 2 bridgehead atoms. The topological polar surface area (TPSA) is 105 Å². The van der Waals surface area contributed by atoms with Gasteiger partial charge in [-0.05, 0) is 70.2 Å². The van der Waals surface area contributed by atoms with Gasteiger partial charge in [-0.15, -0.1) is 0 Å². The lowest BCUT2D eigenvalue weighted by atomic mass is 9.52. The van der Waals surface area contributed by atoms with Gasteiger partial charge in [-0.3, -0.25) is 4.79 Å². The second kappa shape index (κ2) is 7.18. The van der Waals surface area contributed by atoms with Crippen LogP contribution in [0.3, 0.4) is 0 Å². The summed E-state index contributed by atoms with van der Waals surface area (Å²) in [6.07, 6.45) is 5.97. The maximum absolute atomic E-state index is 13.3. The maximum Gasteiger partial charge on any atom is 0.342 e. The Hall–Kier alpha value is -3.13. The number of carbonyl (C=O) groups excluding carboxylic acids is 3. The first-order valence-electron chi connectivity index (χ1n) is 11.0. The zero-order valence-electron chi connectivity index (χ0n) is 19.0. The van der Waals surface area contributed by atoms with Gasteiger partial charge in [0.25, 0.3) is 0 Å². The van der Waals surface area contributed by atoms with Crippen LogP contribution in [0.15, 0.2) is 57.7 Å². The van der Waals surface area contributed by atoms with E-state index in [1.54, 1.807) is 0 Å². The number of esters is 2. The van der Waals surface area contributed by atoms with Crippen LogP contribution in [-0.4, -0.2) is 41.1 Å². The van der Waals surface area contributed by atoms with Crippen molar-refractivity contribution in [1.29, 1.82) is 0 Å². The van der Waals surface area contributed by atoms with Gasteiger partial charge in [0, 0.05) is 0 Å². The Morgan fingerprint density at radius 3 is 2.18 bits per heavy atom. The summed E-state index contributed by atoms with van der Waals surface area (Å²) in [4.78, 5) is 39.0. The Balaban J connectivity index is 1.59. The fourth-order valence-corrected chi connectivity index (χ4v) is 5.86. The van der Waals surface area contributed by atoms with Crippen LogP contribution < -0.4 is 0 Å². The van der Waals surface area contributed by atoms with Gasteiger partial charge in [-0.25, -0.2) is 9.59 Å². The average molecular weight is 454 g/mol. The van der Waals surface area contributed by atoms with Crippen LogP contribution in [0.1, 0.15) is 61.3 Å². The number of fused-ring (bicyclic) bond motifs is 1. The van der Waals surface area contributed by atoms with Crippen LogP contribution in [0.5, 0.6) is 0 Å². The molecule has 0 amide bonds. The zero-order valence-corrected chi connectivity index (χ0v) is 19.0. The standard InChI is InChI=1S/C25H26O8/c1-14-9-18(26)20(32-22(28)16-6-8-30-13-16)24(4)19(31-21(27)15-5-7-29-12-15)10-17-11-25(14,24)33-23(17,2)3/h5-9,12-13,17,19-20H,10-11H2,1-4H3/t17-,19-,20+,24+,25-/m1/s1. The Kier molecular flexibility index (Phi) is 4.72. The molecule has 0 unspecified atom stereocenters. The summed E-state index contributed by atoms with van der Waals surface area (Å²) in [6, 6.07) is 2.99. The van der Waals surface area contributed by atoms with E-state index in [9.17, 15) is 14.4 Å². The third kappa shape index (κ3) is 3.04. The fourth-order valence-electron chi connectivity index (χ4n) is 5.86. The van der Waals surface area contributed by atoms with E-state index in [0.717, 1.165) is 5.57 Å². The van der Waals surface area contributed by atoms with Crippen LogP contribution in [0.4, 0.5) is 0 Å². The van der Waals surface area contributed by atoms with E-state index in [0.29, 0.717) is 12.8 Å². The molecule has 1 saturated heterocycles. The smallest absolute Gasteiger partial charge is 0.342 e. The first kappa shape index (κ1) is 21.7. The first-order chi connectivity index (χ1) is 15.6. The van der Waals surface area contributed by atoms with Gasteiger partial charge in [0.05, 0.1) is 34.7 Å². The molecule has 8 nitrogen and oxygen atoms in total. The number of furan rings is 2. The van der Waals surface area contributed by atoms with Gasteiger partial charge >= 0.3 is 11.9 Å².